The lowest BCUT2D eigenvalue weighted by Crippen LogP contribution is -2.37. The van der Waals surface area contributed by atoms with E-state index in [0.717, 1.165) is 51.4 Å². The Morgan fingerprint density at radius 3 is 2.60 bits per heavy atom. The van der Waals surface area contributed by atoms with Crippen LogP contribution in [0.5, 0.6) is 0 Å². The number of benzene rings is 2. The van der Waals surface area contributed by atoms with Gasteiger partial charge < -0.3 is 19.5 Å². The van der Waals surface area contributed by atoms with Crippen LogP contribution in [0.2, 0.25) is 0 Å². The van der Waals surface area contributed by atoms with Crippen molar-refractivity contribution in [2.45, 2.75) is 0 Å². The summed E-state index contributed by atoms with van der Waals surface area (Å²) < 4.78 is 8.55. The summed E-state index contributed by atoms with van der Waals surface area (Å²) in [5.41, 5.74) is 4.91. The van der Waals surface area contributed by atoms with Crippen LogP contribution in [-0.2, 0) is 11.8 Å². The average Bonchev–Trinajstić information content (AvgIpc) is 3.16. The van der Waals surface area contributed by atoms with Crippen molar-refractivity contribution in [3.63, 3.8) is 0 Å². The second-order valence-corrected chi connectivity index (χ2v) is 8.14. The molecule has 1 aliphatic rings. The van der Waals surface area contributed by atoms with Gasteiger partial charge >= 0.3 is 0 Å². The van der Waals surface area contributed by atoms with Crippen LogP contribution < -0.4 is 10.2 Å². The molecule has 1 N–H and O–H groups in total. The molecule has 2 aromatic heterocycles. The number of hydrogen-bond acceptors (Lipinski definition) is 6. The minimum atomic E-state index is 0.685. The van der Waals surface area contributed by atoms with Gasteiger partial charge in [-0.2, -0.15) is 4.98 Å². The number of nitrogens with zero attached hydrogens (tertiary/aromatic N) is 5. The van der Waals surface area contributed by atoms with Crippen LogP contribution in [0.1, 0.15) is 0 Å². The third-order valence-electron chi connectivity index (χ3n) is 5.15. The molecule has 4 aromatic rings. The second-order valence-electron chi connectivity index (χ2n) is 7.23. The summed E-state index contributed by atoms with van der Waals surface area (Å²) in [6, 6.07) is 16.2. The molecular weight excluding hydrogens is 444 g/mol. The maximum atomic E-state index is 5.50. The zero-order chi connectivity index (χ0) is 20.5. The zero-order valence-electron chi connectivity index (χ0n) is 16.5. The van der Waals surface area contributed by atoms with Gasteiger partial charge in [-0.25, -0.2) is 9.97 Å². The molecule has 5 rings (SSSR count). The number of nitrogens with one attached hydrogen (secondary N) is 1. The molecule has 0 radical (unpaired) electrons. The van der Waals surface area contributed by atoms with E-state index in [9.17, 15) is 0 Å². The molecule has 0 unspecified atom stereocenters. The maximum absolute atomic E-state index is 5.50. The summed E-state index contributed by atoms with van der Waals surface area (Å²) in [5.74, 6) is 1.47. The van der Waals surface area contributed by atoms with E-state index in [0.29, 0.717) is 19.2 Å². The first-order chi connectivity index (χ1) is 14.7. The van der Waals surface area contributed by atoms with Crippen molar-refractivity contribution in [2.75, 3.05) is 36.5 Å². The molecule has 0 spiro atoms. The normalized spacial score (nSPS) is 14.3. The van der Waals surface area contributed by atoms with E-state index >= 15 is 0 Å². The molecule has 0 atom stereocenters. The summed E-state index contributed by atoms with van der Waals surface area (Å²) in [6.07, 6.45) is 1.83. The number of rotatable bonds is 4. The molecule has 0 bridgehead atoms. The fraction of sp³-hybridized carbons (Fsp3) is 0.227. The van der Waals surface area contributed by atoms with Gasteiger partial charge in [-0.1, -0.05) is 22.0 Å². The molecule has 152 valence electrons. The van der Waals surface area contributed by atoms with Gasteiger partial charge in [0.15, 0.2) is 0 Å². The lowest BCUT2D eigenvalue weighted by Gasteiger charge is -2.27. The van der Waals surface area contributed by atoms with E-state index in [1.807, 2.05) is 54.3 Å². The van der Waals surface area contributed by atoms with E-state index in [-0.39, 0.29) is 0 Å². The van der Waals surface area contributed by atoms with Crippen molar-refractivity contribution in [3.05, 3.63) is 59.3 Å². The molecule has 1 fully saturated rings. The number of morpholine rings is 1. The van der Waals surface area contributed by atoms with Crippen molar-refractivity contribution in [2.24, 2.45) is 7.05 Å². The third kappa shape index (κ3) is 3.88. The number of ether oxygens (including phenoxy) is 1. The summed E-state index contributed by atoms with van der Waals surface area (Å²) in [6.45, 7) is 2.93. The predicted octanol–water partition coefficient (Wildman–Crippen LogP) is 4.37. The van der Waals surface area contributed by atoms with Crippen LogP contribution in [0.4, 0.5) is 17.5 Å². The Morgan fingerprint density at radius 2 is 1.80 bits per heavy atom. The minimum Gasteiger partial charge on any atom is -0.378 e. The number of aromatic nitrogens is 4. The van der Waals surface area contributed by atoms with Crippen LogP contribution in [-0.4, -0.2) is 45.8 Å². The van der Waals surface area contributed by atoms with Gasteiger partial charge in [-0.05, 0) is 36.4 Å². The van der Waals surface area contributed by atoms with Crippen LogP contribution >= 0.6 is 15.9 Å². The first kappa shape index (κ1) is 19.0. The van der Waals surface area contributed by atoms with Crippen molar-refractivity contribution in [3.8, 4) is 11.3 Å². The number of imidazole rings is 1. The number of hydrogen-bond donors (Lipinski definition) is 1. The predicted molar refractivity (Wildman–Crippen MR) is 122 cm³/mol. The van der Waals surface area contributed by atoms with E-state index in [2.05, 4.69) is 43.3 Å². The quantitative estimate of drug-likeness (QED) is 0.483. The van der Waals surface area contributed by atoms with Crippen molar-refractivity contribution in [1.29, 1.82) is 0 Å². The van der Waals surface area contributed by atoms with Gasteiger partial charge in [0.1, 0.15) is 5.82 Å². The molecule has 2 aromatic carbocycles. The molecule has 0 saturated carbocycles. The zero-order valence-corrected chi connectivity index (χ0v) is 18.1. The summed E-state index contributed by atoms with van der Waals surface area (Å²) in [5, 5.41) is 3.42. The van der Waals surface area contributed by atoms with Gasteiger partial charge in [0, 0.05) is 41.9 Å². The molecule has 30 heavy (non-hydrogen) atoms. The monoisotopic (exact) mass is 464 g/mol. The van der Waals surface area contributed by atoms with Crippen molar-refractivity contribution < 1.29 is 4.74 Å². The highest BCUT2D eigenvalue weighted by Crippen LogP contribution is 2.28. The highest BCUT2D eigenvalue weighted by atomic mass is 79.9. The SMILES string of the molecule is Cn1cnc2ccc(-c3cc(Nc4ccc(Br)cc4)nc(N4CCOCC4)n3)cc21. The van der Waals surface area contributed by atoms with Gasteiger partial charge in [0.2, 0.25) is 5.95 Å². The first-order valence-corrected chi connectivity index (χ1v) is 10.6. The van der Waals surface area contributed by atoms with Crippen LogP contribution in [0.25, 0.3) is 22.3 Å². The van der Waals surface area contributed by atoms with Crippen molar-refractivity contribution >= 4 is 44.4 Å². The van der Waals surface area contributed by atoms with Gasteiger partial charge in [-0.3, -0.25) is 0 Å². The highest BCUT2D eigenvalue weighted by Gasteiger charge is 2.17. The Bertz CT molecular complexity index is 1180. The lowest BCUT2D eigenvalue weighted by atomic mass is 10.1. The summed E-state index contributed by atoms with van der Waals surface area (Å²) in [7, 11) is 2.00. The Balaban J connectivity index is 1.57. The van der Waals surface area contributed by atoms with Gasteiger partial charge in [0.05, 0.1) is 36.3 Å². The van der Waals surface area contributed by atoms with Crippen LogP contribution in [0.15, 0.2) is 59.3 Å². The molecule has 3 heterocycles. The number of anilines is 3. The lowest BCUT2D eigenvalue weighted by molar-refractivity contribution is 0.122. The van der Waals surface area contributed by atoms with E-state index in [4.69, 9.17) is 14.7 Å². The van der Waals surface area contributed by atoms with Crippen LogP contribution in [0, 0.1) is 0 Å². The summed E-state index contributed by atoms with van der Waals surface area (Å²) in [4.78, 5) is 16.3. The van der Waals surface area contributed by atoms with E-state index in [1.54, 1.807) is 0 Å². The maximum Gasteiger partial charge on any atom is 0.228 e. The van der Waals surface area contributed by atoms with Crippen LogP contribution in [0.3, 0.4) is 0 Å². The topological polar surface area (TPSA) is 68.1 Å². The van der Waals surface area contributed by atoms with Crippen molar-refractivity contribution in [1.82, 2.24) is 19.5 Å². The molecule has 7 nitrogen and oxygen atoms in total. The molecule has 0 amide bonds. The third-order valence-corrected chi connectivity index (χ3v) is 5.67. The van der Waals surface area contributed by atoms with Gasteiger partial charge in [-0.15, -0.1) is 0 Å². The molecule has 8 heteroatoms. The molecular formula is C22H21BrN6O. The Kier molecular flexibility index (Phi) is 5.10. The average molecular weight is 465 g/mol. The van der Waals surface area contributed by atoms with E-state index < -0.39 is 0 Å². The highest BCUT2D eigenvalue weighted by molar-refractivity contribution is 9.10. The molecule has 0 aliphatic carbocycles. The standard InChI is InChI=1S/C22H21BrN6O/c1-28-14-24-18-7-2-15(12-20(18)28)19-13-21(25-17-5-3-16(23)4-6-17)27-22(26-19)29-8-10-30-11-9-29/h2-7,12-14H,8-11H2,1H3,(H,25,26,27). The Hall–Kier alpha value is -2.97. The fourth-order valence-electron chi connectivity index (χ4n) is 3.52. The van der Waals surface area contributed by atoms with Gasteiger partial charge in [0.25, 0.3) is 0 Å². The van der Waals surface area contributed by atoms with E-state index in [1.165, 1.54) is 0 Å². The second kappa shape index (κ2) is 8.04. The Labute approximate surface area is 182 Å². The summed E-state index contributed by atoms with van der Waals surface area (Å²) >= 11 is 3.48. The fourth-order valence-corrected chi connectivity index (χ4v) is 3.78. The number of fused-ring (bicyclic) bond motifs is 1. The largest absolute Gasteiger partial charge is 0.378 e. The number of halogens is 1. The smallest absolute Gasteiger partial charge is 0.228 e. The Morgan fingerprint density at radius 1 is 1.00 bits per heavy atom. The molecule has 1 saturated heterocycles. The minimum absolute atomic E-state index is 0.685. The number of aryl methyl sites for hydroxylation is 1. The first-order valence-electron chi connectivity index (χ1n) is 9.81. The molecule has 1 aliphatic heterocycles.